The molecule has 0 saturated heterocycles. The minimum atomic E-state index is -1.02. The number of rotatable bonds is 8. The van der Waals surface area contributed by atoms with Crippen molar-refractivity contribution < 1.29 is 23.9 Å². The minimum Gasteiger partial charge on any atom is -0.452 e. The number of carbonyl (C=O) groups is 3. The van der Waals surface area contributed by atoms with Gasteiger partial charge in [-0.2, -0.15) is 0 Å². The Morgan fingerprint density at radius 2 is 1.67 bits per heavy atom. The number of terminal acetylenes is 2. The van der Waals surface area contributed by atoms with Crippen molar-refractivity contribution in [2.75, 3.05) is 13.2 Å². The summed E-state index contributed by atoms with van der Waals surface area (Å²) in [6.45, 7) is -0.376. The van der Waals surface area contributed by atoms with Gasteiger partial charge in [-0.15, -0.1) is 12.8 Å². The number of benzene rings is 1. The highest BCUT2D eigenvalue weighted by Gasteiger charge is 2.24. The van der Waals surface area contributed by atoms with E-state index in [0.29, 0.717) is 5.56 Å². The number of esters is 2. The molecule has 6 nitrogen and oxygen atoms in total. The van der Waals surface area contributed by atoms with Gasteiger partial charge in [0.15, 0.2) is 13.2 Å². The number of ether oxygens (including phenoxy) is 2. The van der Waals surface area contributed by atoms with Gasteiger partial charge in [0.2, 0.25) is 0 Å². The predicted octanol–water partition coefficient (Wildman–Crippen LogP) is 0.918. The van der Waals surface area contributed by atoms with E-state index >= 15 is 0 Å². The van der Waals surface area contributed by atoms with Crippen molar-refractivity contribution in [2.24, 2.45) is 0 Å². The first-order chi connectivity index (χ1) is 11.6. The third kappa shape index (κ3) is 6.67. The van der Waals surface area contributed by atoms with Crippen molar-refractivity contribution in [3.05, 3.63) is 35.9 Å². The van der Waals surface area contributed by atoms with Crippen LogP contribution in [0.2, 0.25) is 0 Å². The monoisotopic (exact) mass is 327 g/mol. The number of nitrogens with one attached hydrogen (secondary N) is 1. The zero-order valence-corrected chi connectivity index (χ0v) is 13.0. The van der Waals surface area contributed by atoms with Crippen LogP contribution in [0.15, 0.2) is 30.3 Å². The van der Waals surface area contributed by atoms with Crippen LogP contribution in [0.25, 0.3) is 0 Å². The first kappa shape index (κ1) is 18.8. The molecule has 0 aliphatic heterocycles. The molecule has 0 spiro atoms. The van der Waals surface area contributed by atoms with E-state index in [1.807, 2.05) is 0 Å². The van der Waals surface area contributed by atoms with Gasteiger partial charge < -0.3 is 14.8 Å². The van der Waals surface area contributed by atoms with Gasteiger partial charge >= 0.3 is 11.9 Å². The van der Waals surface area contributed by atoms with Crippen LogP contribution >= 0.6 is 0 Å². The lowest BCUT2D eigenvalue weighted by Crippen LogP contribution is -2.42. The molecule has 0 fully saturated rings. The average molecular weight is 327 g/mol. The van der Waals surface area contributed by atoms with Crippen molar-refractivity contribution in [3.63, 3.8) is 0 Å². The SMILES string of the molecule is C#CCOC(=O)CCC(NC(=O)c1ccccc1)C(=O)OCC#C. The van der Waals surface area contributed by atoms with Gasteiger partial charge in [-0.25, -0.2) is 4.79 Å². The number of amides is 1. The van der Waals surface area contributed by atoms with Crippen molar-refractivity contribution in [1.29, 1.82) is 0 Å². The number of hydrogen-bond acceptors (Lipinski definition) is 5. The first-order valence-electron chi connectivity index (χ1n) is 7.13. The summed E-state index contributed by atoms with van der Waals surface area (Å²) in [6.07, 6.45) is 9.93. The molecule has 0 aliphatic rings. The van der Waals surface area contributed by atoms with Crippen molar-refractivity contribution in [2.45, 2.75) is 18.9 Å². The van der Waals surface area contributed by atoms with Crippen LogP contribution in [0.4, 0.5) is 0 Å². The van der Waals surface area contributed by atoms with E-state index in [-0.39, 0.29) is 26.1 Å². The van der Waals surface area contributed by atoms with Crippen molar-refractivity contribution in [3.8, 4) is 24.7 Å². The minimum absolute atomic E-state index is 0.00534. The predicted molar refractivity (Wildman–Crippen MR) is 86.5 cm³/mol. The summed E-state index contributed by atoms with van der Waals surface area (Å²) in [4.78, 5) is 35.6. The summed E-state index contributed by atoms with van der Waals surface area (Å²) >= 11 is 0. The summed E-state index contributed by atoms with van der Waals surface area (Å²) in [5.41, 5.74) is 0.377. The van der Waals surface area contributed by atoms with Gasteiger partial charge in [-0.1, -0.05) is 30.0 Å². The zero-order valence-electron chi connectivity index (χ0n) is 13.0. The van der Waals surface area contributed by atoms with Crippen molar-refractivity contribution >= 4 is 17.8 Å². The van der Waals surface area contributed by atoms with E-state index in [9.17, 15) is 14.4 Å². The van der Waals surface area contributed by atoms with Crippen LogP contribution in [0, 0.1) is 24.7 Å². The van der Waals surface area contributed by atoms with Crippen LogP contribution in [-0.4, -0.2) is 37.1 Å². The smallest absolute Gasteiger partial charge is 0.329 e. The molecule has 124 valence electrons. The van der Waals surface area contributed by atoms with E-state index in [1.54, 1.807) is 30.3 Å². The molecule has 0 saturated carbocycles. The highest BCUT2D eigenvalue weighted by molar-refractivity contribution is 5.96. The maximum atomic E-state index is 12.1. The molecule has 0 bridgehead atoms. The largest absolute Gasteiger partial charge is 0.452 e. The third-order valence-corrected chi connectivity index (χ3v) is 2.88. The molecular weight excluding hydrogens is 310 g/mol. The van der Waals surface area contributed by atoms with Crippen LogP contribution in [0.1, 0.15) is 23.2 Å². The highest BCUT2D eigenvalue weighted by atomic mass is 16.5. The lowest BCUT2D eigenvalue weighted by Gasteiger charge is -2.16. The van der Waals surface area contributed by atoms with E-state index in [4.69, 9.17) is 22.3 Å². The van der Waals surface area contributed by atoms with Crippen molar-refractivity contribution in [1.82, 2.24) is 5.32 Å². The lowest BCUT2D eigenvalue weighted by atomic mass is 10.1. The van der Waals surface area contributed by atoms with Gasteiger partial charge in [0.1, 0.15) is 6.04 Å². The Hall–Kier alpha value is -3.25. The Morgan fingerprint density at radius 3 is 2.29 bits per heavy atom. The summed E-state index contributed by atoms with van der Waals surface area (Å²) in [5.74, 6) is 2.57. The summed E-state index contributed by atoms with van der Waals surface area (Å²) < 4.78 is 9.55. The molecule has 24 heavy (non-hydrogen) atoms. The molecule has 1 amide bonds. The summed E-state index contributed by atoms with van der Waals surface area (Å²) in [5, 5.41) is 2.52. The van der Waals surface area contributed by atoms with Gasteiger partial charge in [0.05, 0.1) is 0 Å². The summed E-state index contributed by atoms with van der Waals surface area (Å²) in [7, 11) is 0. The second kappa shape index (κ2) is 10.5. The zero-order chi connectivity index (χ0) is 17.8. The second-order valence-corrected chi connectivity index (χ2v) is 4.61. The quantitative estimate of drug-likeness (QED) is 0.567. The van der Waals surface area contributed by atoms with E-state index < -0.39 is 23.9 Å². The van der Waals surface area contributed by atoms with E-state index in [0.717, 1.165) is 0 Å². The van der Waals surface area contributed by atoms with Crippen LogP contribution in [0.3, 0.4) is 0 Å². The molecule has 0 aromatic heterocycles. The third-order valence-electron chi connectivity index (χ3n) is 2.88. The molecular formula is C18H17NO5. The molecule has 0 radical (unpaired) electrons. The molecule has 6 heteroatoms. The maximum Gasteiger partial charge on any atom is 0.329 e. The fourth-order valence-corrected chi connectivity index (χ4v) is 1.75. The second-order valence-electron chi connectivity index (χ2n) is 4.61. The topological polar surface area (TPSA) is 81.7 Å². The van der Waals surface area contributed by atoms with Gasteiger partial charge in [0.25, 0.3) is 5.91 Å². The lowest BCUT2D eigenvalue weighted by molar-refractivity contribution is -0.145. The molecule has 1 atom stereocenters. The molecule has 1 rings (SSSR count). The Morgan fingerprint density at radius 1 is 1.04 bits per heavy atom. The van der Waals surface area contributed by atoms with Crippen LogP contribution in [0.5, 0.6) is 0 Å². The molecule has 0 aliphatic carbocycles. The molecule has 1 aromatic rings. The molecule has 1 N–H and O–H groups in total. The number of hydrogen-bond donors (Lipinski definition) is 1. The normalized spacial score (nSPS) is 10.6. The van der Waals surface area contributed by atoms with E-state index in [1.165, 1.54) is 0 Å². The standard InChI is InChI=1S/C18H17NO5/c1-3-12-23-16(20)11-10-15(18(22)24-13-4-2)19-17(21)14-8-6-5-7-9-14/h1-2,5-9,15H,10-13H2,(H,19,21). The Kier molecular flexibility index (Phi) is 8.20. The average Bonchev–Trinajstić information content (AvgIpc) is 2.61. The molecule has 1 unspecified atom stereocenters. The Bertz CT molecular complexity index is 654. The Balaban J connectivity index is 2.69. The fourth-order valence-electron chi connectivity index (χ4n) is 1.75. The van der Waals surface area contributed by atoms with E-state index in [2.05, 4.69) is 17.2 Å². The summed E-state index contributed by atoms with van der Waals surface area (Å²) in [6, 6.07) is 7.32. The van der Waals surface area contributed by atoms with Gasteiger partial charge in [-0.05, 0) is 18.6 Å². The van der Waals surface area contributed by atoms with Gasteiger partial charge in [-0.3, -0.25) is 9.59 Å². The van der Waals surface area contributed by atoms with Crippen LogP contribution in [-0.2, 0) is 19.1 Å². The molecule has 1 aromatic carbocycles. The fraction of sp³-hybridized carbons (Fsp3) is 0.278. The molecule has 0 heterocycles. The number of carbonyl (C=O) groups excluding carboxylic acids is 3. The first-order valence-corrected chi connectivity index (χ1v) is 7.13. The highest BCUT2D eigenvalue weighted by Crippen LogP contribution is 2.05. The Labute approximate surface area is 140 Å². The maximum absolute atomic E-state index is 12.1. The van der Waals surface area contributed by atoms with Crippen LogP contribution < -0.4 is 5.32 Å². The van der Waals surface area contributed by atoms with Gasteiger partial charge in [0, 0.05) is 12.0 Å².